The molecule has 1 aliphatic rings. The topological polar surface area (TPSA) is 83.6 Å². The van der Waals surface area contributed by atoms with E-state index >= 15 is 0 Å². The van der Waals surface area contributed by atoms with Crippen LogP contribution in [0.5, 0.6) is 0 Å². The number of nitrogens with two attached hydrogens (primary N) is 1. The molecule has 1 aromatic rings. The van der Waals surface area contributed by atoms with Crippen LogP contribution in [-0.4, -0.2) is 29.6 Å². The standard InChI is InChI=1S/C14H17ClN2O3/c1-8-4-3-7-17(12(8)14(19)20)10-6-2-5-9(15)11(10)13(16)18/h2,5-6,8,12H,3-4,7H2,1H3,(H2,16,18)(H,19,20). The van der Waals surface area contributed by atoms with Gasteiger partial charge in [0.05, 0.1) is 16.3 Å². The zero-order valence-corrected chi connectivity index (χ0v) is 11.9. The molecule has 5 nitrogen and oxygen atoms in total. The molecule has 0 radical (unpaired) electrons. The van der Waals surface area contributed by atoms with Crippen LogP contribution in [0.4, 0.5) is 5.69 Å². The third kappa shape index (κ3) is 2.58. The summed E-state index contributed by atoms with van der Waals surface area (Å²) >= 11 is 6.03. The molecular formula is C14H17ClN2O3. The van der Waals surface area contributed by atoms with Crippen LogP contribution in [0.15, 0.2) is 18.2 Å². The summed E-state index contributed by atoms with van der Waals surface area (Å²) in [6.07, 6.45) is 1.72. The third-order valence-electron chi connectivity index (χ3n) is 3.73. The number of hydrogen-bond acceptors (Lipinski definition) is 3. The van der Waals surface area contributed by atoms with E-state index in [1.54, 1.807) is 23.1 Å². The van der Waals surface area contributed by atoms with E-state index in [-0.39, 0.29) is 16.5 Å². The van der Waals surface area contributed by atoms with Gasteiger partial charge in [0.25, 0.3) is 5.91 Å². The van der Waals surface area contributed by atoms with Crippen molar-refractivity contribution in [3.63, 3.8) is 0 Å². The van der Waals surface area contributed by atoms with E-state index in [2.05, 4.69) is 0 Å². The fourth-order valence-electron chi connectivity index (χ4n) is 2.83. The first kappa shape index (κ1) is 14.7. The van der Waals surface area contributed by atoms with Crippen LogP contribution in [0, 0.1) is 5.92 Å². The Balaban J connectivity index is 2.51. The van der Waals surface area contributed by atoms with E-state index in [0.717, 1.165) is 12.8 Å². The van der Waals surface area contributed by atoms with Crippen molar-refractivity contribution in [1.82, 2.24) is 0 Å². The van der Waals surface area contributed by atoms with Crippen molar-refractivity contribution >= 4 is 29.2 Å². The zero-order chi connectivity index (χ0) is 14.9. The minimum absolute atomic E-state index is 0.000887. The van der Waals surface area contributed by atoms with Crippen LogP contribution in [0.2, 0.25) is 5.02 Å². The summed E-state index contributed by atoms with van der Waals surface area (Å²) in [6, 6.07) is 4.30. The first-order chi connectivity index (χ1) is 9.43. The second-order valence-electron chi connectivity index (χ2n) is 5.09. The fraction of sp³-hybridized carbons (Fsp3) is 0.429. The molecule has 0 spiro atoms. The molecular weight excluding hydrogens is 280 g/mol. The minimum Gasteiger partial charge on any atom is -0.480 e. The molecule has 2 unspecified atom stereocenters. The number of primary amides is 1. The van der Waals surface area contributed by atoms with Crippen LogP contribution in [-0.2, 0) is 4.79 Å². The number of piperidine rings is 1. The van der Waals surface area contributed by atoms with Gasteiger partial charge in [0, 0.05) is 6.54 Å². The summed E-state index contributed by atoms with van der Waals surface area (Å²) in [5, 5.41) is 9.70. The van der Waals surface area contributed by atoms with Gasteiger partial charge in [-0.05, 0) is 30.9 Å². The molecule has 0 bridgehead atoms. The molecule has 1 saturated heterocycles. The third-order valence-corrected chi connectivity index (χ3v) is 4.05. The molecule has 0 aliphatic carbocycles. The molecule has 20 heavy (non-hydrogen) atoms. The van der Waals surface area contributed by atoms with E-state index in [9.17, 15) is 14.7 Å². The number of carboxylic acid groups (broad SMARTS) is 1. The summed E-state index contributed by atoms with van der Waals surface area (Å²) < 4.78 is 0. The Morgan fingerprint density at radius 1 is 1.45 bits per heavy atom. The summed E-state index contributed by atoms with van der Waals surface area (Å²) in [7, 11) is 0. The number of hydrogen-bond donors (Lipinski definition) is 2. The van der Waals surface area contributed by atoms with E-state index in [4.69, 9.17) is 17.3 Å². The largest absolute Gasteiger partial charge is 0.480 e. The van der Waals surface area contributed by atoms with E-state index in [1.165, 1.54) is 0 Å². The van der Waals surface area contributed by atoms with Gasteiger partial charge in [0.1, 0.15) is 6.04 Å². The van der Waals surface area contributed by atoms with Crippen molar-refractivity contribution in [2.24, 2.45) is 11.7 Å². The number of nitrogens with zero attached hydrogens (tertiary/aromatic N) is 1. The average molecular weight is 297 g/mol. The molecule has 2 rings (SSSR count). The van der Waals surface area contributed by atoms with Crippen molar-refractivity contribution in [2.75, 3.05) is 11.4 Å². The lowest BCUT2D eigenvalue weighted by Gasteiger charge is -2.39. The van der Waals surface area contributed by atoms with Crippen LogP contribution in [0.1, 0.15) is 30.1 Å². The maximum absolute atomic E-state index is 11.6. The molecule has 6 heteroatoms. The zero-order valence-electron chi connectivity index (χ0n) is 11.2. The number of amides is 1. The number of aliphatic carboxylic acids is 1. The van der Waals surface area contributed by atoms with Gasteiger partial charge in [-0.3, -0.25) is 4.79 Å². The predicted molar refractivity (Wildman–Crippen MR) is 77.1 cm³/mol. The predicted octanol–water partition coefficient (Wildman–Crippen LogP) is 2.13. The highest BCUT2D eigenvalue weighted by Gasteiger charge is 2.36. The molecule has 1 aliphatic heterocycles. The quantitative estimate of drug-likeness (QED) is 0.895. The van der Waals surface area contributed by atoms with Gasteiger partial charge in [0.15, 0.2) is 0 Å². The molecule has 2 atom stereocenters. The van der Waals surface area contributed by atoms with Crippen LogP contribution < -0.4 is 10.6 Å². The number of anilines is 1. The maximum atomic E-state index is 11.6. The molecule has 1 amide bonds. The SMILES string of the molecule is CC1CCCN(c2cccc(Cl)c2C(N)=O)C1C(=O)O. The van der Waals surface area contributed by atoms with E-state index in [0.29, 0.717) is 12.2 Å². The van der Waals surface area contributed by atoms with Gasteiger partial charge < -0.3 is 15.7 Å². The Labute approximate surface area is 122 Å². The summed E-state index contributed by atoms with van der Waals surface area (Å²) in [6.45, 7) is 2.47. The Hall–Kier alpha value is -1.75. The number of rotatable bonds is 3. The monoisotopic (exact) mass is 296 g/mol. The van der Waals surface area contributed by atoms with Crippen molar-refractivity contribution in [2.45, 2.75) is 25.8 Å². The second kappa shape index (κ2) is 5.71. The van der Waals surface area contributed by atoms with Crippen molar-refractivity contribution in [3.8, 4) is 0 Å². The molecule has 108 valence electrons. The minimum atomic E-state index is -0.896. The smallest absolute Gasteiger partial charge is 0.326 e. The number of carboxylic acids is 1. The number of benzene rings is 1. The number of carbonyl (C=O) groups excluding carboxylic acids is 1. The van der Waals surface area contributed by atoms with Gasteiger partial charge in [0.2, 0.25) is 0 Å². The highest BCUT2D eigenvalue weighted by Crippen LogP contribution is 2.33. The maximum Gasteiger partial charge on any atom is 0.326 e. The van der Waals surface area contributed by atoms with E-state index in [1.807, 2.05) is 6.92 Å². The highest BCUT2D eigenvalue weighted by atomic mass is 35.5. The summed E-state index contributed by atoms with van der Waals surface area (Å²) in [5.74, 6) is -1.54. The molecule has 3 N–H and O–H groups in total. The van der Waals surface area contributed by atoms with Gasteiger partial charge in [-0.1, -0.05) is 24.6 Å². The average Bonchev–Trinajstić information content (AvgIpc) is 2.37. The Morgan fingerprint density at radius 2 is 2.15 bits per heavy atom. The van der Waals surface area contributed by atoms with Crippen LogP contribution in [0.3, 0.4) is 0 Å². The molecule has 1 aromatic carbocycles. The lowest BCUT2D eigenvalue weighted by molar-refractivity contribution is -0.140. The first-order valence-electron chi connectivity index (χ1n) is 6.51. The Kier molecular flexibility index (Phi) is 4.18. The lowest BCUT2D eigenvalue weighted by Crippen LogP contribution is -2.50. The van der Waals surface area contributed by atoms with Crippen molar-refractivity contribution < 1.29 is 14.7 Å². The molecule has 0 saturated carbocycles. The van der Waals surface area contributed by atoms with Gasteiger partial charge in [-0.15, -0.1) is 0 Å². The van der Waals surface area contributed by atoms with Crippen molar-refractivity contribution in [1.29, 1.82) is 0 Å². The number of carbonyl (C=O) groups is 2. The Morgan fingerprint density at radius 3 is 2.75 bits per heavy atom. The molecule has 1 fully saturated rings. The summed E-state index contributed by atoms with van der Waals surface area (Å²) in [5.41, 5.74) is 6.07. The van der Waals surface area contributed by atoms with Crippen LogP contribution >= 0.6 is 11.6 Å². The van der Waals surface area contributed by atoms with Gasteiger partial charge in [-0.25, -0.2) is 4.79 Å². The lowest BCUT2D eigenvalue weighted by atomic mass is 9.89. The number of halogens is 1. The van der Waals surface area contributed by atoms with Gasteiger partial charge >= 0.3 is 5.97 Å². The highest BCUT2D eigenvalue weighted by molar-refractivity contribution is 6.34. The first-order valence-corrected chi connectivity index (χ1v) is 6.89. The molecule has 0 aromatic heterocycles. The Bertz CT molecular complexity index is 547. The summed E-state index contributed by atoms with van der Waals surface area (Å²) in [4.78, 5) is 24.9. The van der Waals surface area contributed by atoms with Crippen molar-refractivity contribution in [3.05, 3.63) is 28.8 Å². The fourth-order valence-corrected chi connectivity index (χ4v) is 3.09. The normalized spacial score (nSPS) is 22.6. The van der Waals surface area contributed by atoms with Gasteiger partial charge in [-0.2, -0.15) is 0 Å². The van der Waals surface area contributed by atoms with E-state index < -0.39 is 17.9 Å². The van der Waals surface area contributed by atoms with Crippen LogP contribution in [0.25, 0.3) is 0 Å². The second-order valence-corrected chi connectivity index (χ2v) is 5.50. The molecule has 1 heterocycles.